The number of sulfonamides is 1. The Labute approximate surface area is 199 Å². The number of carbonyl (C=O) groups is 2. The molecule has 0 bridgehead atoms. The zero-order valence-electron chi connectivity index (χ0n) is 19.2. The number of hydrogen-bond acceptors (Lipinski definition) is 6. The van der Waals surface area contributed by atoms with Crippen molar-refractivity contribution in [3.05, 3.63) is 65.9 Å². The second-order valence-electron chi connectivity index (χ2n) is 8.13. The second-order valence-corrected chi connectivity index (χ2v) is 10.1. The van der Waals surface area contributed by atoms with Crippen molar-refractivity contribution in [1.82, 2.24) is 9.29 Å². The molecule has 3 aromatic rings. The van der Waals surface area contributed by atoms with Crippen LogP contribution in [0.4, 0.5) is 5.69 Å². The van der Waals surface area contributed by atoms with Crippen LogP contribution in [0, 0.1) is 0 Å². The van der Waals surface area contributed by atoms with Gasteiger partial charge in [-0.1, -0.05) is 38.1 Å². The van der Waals surface area contributed by atoms with Crippen LogP contribution in [0.25, 0.3) is 10.9 Å². The molecule has 0 radical (unpaired) electrons. The van der Waals surface area contributed by atoms with Crippen LogP contribution in [-0.2, 0) is 19.6 Å². The van der Waals surface area contributed by atoms with Crippen LogP contribution in [-0.4, -0.2) is 49.3 Å². The Morgan fingerprint density at radius 2 is 1.79 bits per heavy atom. The fraction of sp³-hybridized carbons (Fsp3) is 0.320. The topological polar surface area (TPSA) is 106 Å². The van der Waals surface area contributed by atoms with Gasteiger partial charge in [-0.15, -0.1) is 0 Å². The molecule has 1 fully saturated rings. The number of pyridine rings is 1. The SMILES string of the molecule is CCN(CC)S(=O)(=O)c1cccc(NC(=O)COC(=O)c2cc(C3CC3)nc3ccccc23)c1. The van der Waals surface area contributed by atoms with E-state index in [1.165, 1.54) is 16.4 Å². The molecule has 1 amide bonds. The van der Waals surface area contributed by atoms with Crippen molar-refractivity contribution in [2.45, 2.75) is 37.5 Å². The number of rotatable bonds is 9. The van der Waals surface area contributed by atoms with Gasteiger partial charge >= 0.3 is 5.97 Å². The number of anilines is 1. The molecule has 0 atom stereocenters. The number of aromatic nitrogens is 1. The maximum atomic E-state index is 12.8. The molecular weight excluding hydrogens is 454 g/mol. The molecule has 34 heavy (non-hydrogen) atoms. The lowest BCUT2D eigenvalue weighted by molar-refractivity contribution is -0.119. The van der Waals surface area contributed by atoms with Crippen molar-refractivity contribution in [1.29, 1.82) is 0 Å². The molecule has 1 heterocycles. The summed E-state index contributed by atoms with van der Waals surface area (Å²) in [6, 6.07) is 15.1. The molecule has 1 saturated carbocycles. The van der Waals surface area contributed by atoms with Crippen LogP contribution in [0.5, 0.6) is 0 Å². The molecule has 1 aliphatic rings. The van der Waals surface area contributed by atoms with Gasteiger partial charge in [0, 0.05) is 35.8 Å². The number of fused-ring (bicyclic) bond motifs is 1. The van der Waals surface area contributed by atoms with Crippen LogP contribution >= 0.6 is 0 Å². The standard InChI is InChI=1S/C25H27N3O5S/c1-3-28(4-2)34(31,32)19-9-7-8-18(14-19)26-24(29)16-33-25(30)21-15-23(17-12-13-17)27-22-11-6-5-10-20(21)22/h5-11,14-15,17H,3-4,12-13,16H2,1-2H3,(H,26,29). The summed E-state index contributed by atoms with van der Waals surface area (Å²) in [6.07, 6.45) is 2.09. The molecule has 0 saturated heterocycles. The molecule has 178 valence electrons. The van der Waals surface area contributed by atoms with Crippen LogP contribution in [0.2, 0.25) is 0 Å². The van der Waals surface area contributed by atoms with Gasteiger partial charge in [-0.3, -0.25) is 9.78 Å². The molecule has 0 spiro atoms. The van der Waals surface area contributed by atoms with Gasteiger partial charge in [0.05, 0.1) is 16.0 Å². The quantitative estimate of drug-likeness (QED) is 0.464. The van der Waals surface area contributed by atoms with Crippen molar-refractivity contribution in [2.75, 3.05) is 25.0 Å². The van der Waals surface area contributed by atoms with Crippen LogP contribution in [0.15, 0.2) is 59.5 Å². The molecule has 8 nitrogen and oxygen atoms in total. The van der Waals surface area contributed by atoms with Crippen molar-refractivity contribution in [3.63, 3.8) is 0 Å². The first-order chi connectivity index (χ1) is 16.3. The van der Waals surface area contributed by atoms with Crippen LogP contribution < -0.4 is 5.32 Å². The van der Waals surface area contributed by atoms with E-state index < -0.39 is 28.5 Å². The highest BCUT2D eigenvalue weighted by Gasteiger charge is 2.27. The predicted molar refractivity (Wildman–Crippen MR) is 129 cm³/mol. The fourth-order valence-electron chi connectivity index (χ4n) is 3.81. The Morgan fingerprint density at radius 3 is 2.50 bits per heavy atom. The molecule has 9 heteroatoms. The summed E-state index contributed by atoms with van der Waals surface area (Å²) in [5.41, 5.74) is 2.27. The first-order valence-electron chi connectivity index (χ1n) is 11.3. The van der Waals surface area contributed by atoms with Gasteiger partial charge in [-0.25, -0.2) is 13.2 Å². The van der Waals surface area contributed by atoms with E-state index in [1.807, 2.05) is 18.2 Å². The van der Waals surface area contributed by atoms with Crippen molar-refractivity contribution in [3.8, 4) is 0 Å². The minimum Gasteiger partial charge on any atom is -0.452 e. The molecule has 4 rings (SSSR count). The lowest BCUT2D eigenvalue weighted by Crippen LogP contribution is -2.30. The maximum absolute atomic E-state index is 12.8. The number of carbonyl (C=O) groups excluding carboxylic acids is 2. The largest absolute Gasteiger partial charge is 0.452 e. The molecule has 0 unspecified atom stereocenters. The molecular formula is C25H27N3O5S. The molecule has 0 aliphatic heterocycles. The highest BCUT2D eigenvalue weighted by atomic mass is 32.2. The molecule has 1 aromatic heterocycles. The number of esters is 1. The number of nitrogens with zero attached hydrogens (tertiary/aromatic N) is 2. The Balaban J connectivity index is 1.45. The Morgan fingerprint density at radius 1 is 1.06 bits per heavy atom. The monoisotopic (exact) mass is 481 g/mol. The average molecular weight is 482 g/mol. The van der Waals surface area contributed by atoms with Crippen LogP contribution in [0.1, 0.15) is 48.7 Å². The van der Waals surface area contributed by atoms with E-state index >= 15 is 0 Å². The van der Waals surface area contributed by atoms with Gasteiger partial charge in [0.2, 0.25) is 10.0 Å². The number of hydrogen-bond donors (Lipinski definition) is 1. The van der Waals surface area contributed by atoms with E-state index in [4.69, 9.17) is 4.74 Å². The average Bonchev–Trinajstić information content (AvgIpc) is 3.68. The smallest absolute Gasteiger partial charge is 0.339 e. The highest BCUT2D eigenvalue weighted by molar-refractivity contribution is 7.89. The van der Waals surface area contributed by atoms with E-state index in [2.05, 4.69) is 10.3 Å². The number of ether oxygens (including phenoxy) is 1. The van der Waals surface area contributed by atoms with Crippen LogP contribution in [0.3, 0.4) is 0 Å². The lowest BCUT2D eigenvalue weighted by atomic mass is 10.1. The maximum Gasteiger partial charge on any atom is 0.339 e. The predicted octanol–water partition coefficient (Wildman–Crippen LogP) is 3.94. The van der Waals surface area contributed by atoms with Crippen molar-refractivity contribution < 1.29 is 22.7 Å². The highest BCUT2D eigenvalue weighted by Crippen LogP contribution is 2.40. The van der Waals surface area contributed by atoms with Gasteiger partial charge < -0.3 is 10.1 Å². The molecule has 1 aliphatic carbocycles. The van der Waals surface area contributed by atoms with E-state index in [0.29, 0.717) is 35.6 Å². The summed E-state index contributed by atoms with van der Waals surface area (Å²) in [7, 11) is -3.66. The number of amides is 1. The van der Waals surface area contributed by atoms with E-state index in [-0.39, 0.29) is 4.90 Å². The zero-order chi connectivity index (χ0) is 24.3. The van der Waals surface area contributed by atoms with Crippen molar-refractivity contribution >= 4 is 38.5 Å². The minimum absolute atomic E-state index is 0.0851. The Bertz CT molecular complexity index is 1330. The summed E-state index contributed by atoms with van der Waals surface area (Å²) in [5, 5.41) is 3.27. The van der Waals surface area contributed by atoms with E-state index in [9.17, 15) is 18.0 Å². The zero-order valence-corrected chi connectivity index (χ0v) is 20.0. The van der Waals surface area contributed by atoms with Crippen molar-refractivity contribution in [2.24, 2.45) is 0 Å². The Hall–Kier alpha value is -3.30. The summed E-state index contributed by atoms with van der Waals surface area (Å²) >= 11 is 0. The third kappa shape index (κ3) is 5.10. The van der Waals surface area contributed by atoms with Gasteiger partial charge in [0.25, 0.3) is 5.91 Å². The summed E-state index contributed by atoms with van der Waals surface area (Å²) in [4.78, 5) is 30.0. The van der Waals surface area contributed by atoms with Gasteiger partial charge in [0.15, 0.2) is 6.61 Å². The Kier molecular flexibility index (Phi) is 6.95. The minimum atomic E-state index is -3.66. The lowest BCUT2D eigenvalue weighted by Gasteiger charge is -2.18. The second kappa shape index (κ2) is 9.90. The summed E-state index contributed by atoms with van der Waals surface area (Å²) < 4.78 is 32.1. The number of para-hydroxylation sites is 1. The summed E-state index contributed by atoms with van der Waals surface area (Å²) in [6.45, 7) is 3.72. The van der Waals surface area contributed by atoms with E-state index in [1.54, 1.807) is 38.1 Å². The molecule has 1 N–H and O–H groups in total. The first kappa shape index (κ1) is 23.8. The number of nitrogens with one attached hydrogen (secondary N) is 1. The molecule has 2 aromatic carbocycles. The normalized spacial score (nSPS) is 13.7. The summed E-state index contributed by atoms with van der Waals surface area (Å²) in [5.74, 6) is -0.806. The van der Waals surface area contributed by atoms with Gasteiger partial charge in [-0.2, -0.15) is 4.31 Å². The first-order valence-corrected chi connectivity index (χ1v) is 12.7. The van der Waals surface area contributed by atoms with E-state index in [0.717, 1.165) is 24.1 Å². The number of benzene rings is 2. The third-order valence-electron chi connectivity index (χ3n) is 5.75. The van der Waals surface area contributed by atoms with Gasteiger partial charge in [-0.05, 0) is 43.2 Å². The third-order valence-corrected chi connectivity index (χ3v) is 7.79. The van der Waals surface area contributed by atoms with Gasteiger partial charge in [0.1, 0.15) is 0 Å². The fourth-order valence-corrected chi connectivity index (χ4v) is 5.31.